The number of amides is 2. The Morgan fingerprint density at radius 3 is 2.27 bits per heavy atom. The molecule has 0 atom stereocenters. The lowest BCUT2D eigenvalue weighted by Crippen LogP contribution is -2.20. The van der Waals surface area contributed by atoms with Crippen molar-refractivity contribution in [3.8, 4) is 11.5 Å². The summed E-state index contributed by atoms with van der Waals surface area (Å²) in [5.41, 5.74) is 5.09. The zero-order valence-corrected chi connectivity index (χ0v) is 21.7. The molecule has 2 aromatic carbocycles. The Hall–Kier alpha value is -4.60. The summed E-state index contributed by atoms with van der Waals surface area (Å²) < 4.78 is 14.6. The molecule has 4 aromatic rings. The van der Waals surface area contributed by atoms with Crippen molar-refractivity contribution in [3.63, 3.8) is 0 Å². The molecular weight excluding hydrogens is 472 g/mol. The molecule has 0 spiro atoms. The first-order valence-corrected chi connectivity index (χ1v) is 11.7. The molecule has 4 rings (SSSR count). The van der Waals surface area contributed by atoms with E-state index in [0.29, 0.717) is 22.6 Å². The summed E-state index contributed by atoms with van der Waals surface area (Å²) in [6, 6.07) is 11.1. The van der Waals surface area contributed by atoms with Crippen LogP contribution < -0.4 is 20.1 Å². The smallest absolute Gasteiger partial charge is 0.276 e. The van der Waals surface area contributed by atoms with Crippen LogP contribution >= 0.6 is 0 Å². The van der Waals surface area contributed by atoms with Gasteiger partial charge in [0.25, 0.3) is 11.8 Å². The summed E-state index contributed by atoms with van der Waals surface area (Å²) in [7, 11) is 4.99. The topological polar surface area (TPSA) is 112 Å². The van der Waals surface area contributed by atoms with Crippen molar-refractivity contribution in [1.82, 2.24) is 19.6 Å². The molecule has 192 valence electrons. The molecule has 37 heavy (non-hydrogen) atoms. The lowest BCUT2D eigenvalue weighted by atomic mass is 10.1. The molecule has 0 aliphatic heterocycles. The highest BCUT2D eigenvalue weighted by molar-refractivity contribution is 6.11. The molecule has 10 heteroatoms. The third kappa shape index (κ3) is 5.48. The number of carbonyl (C=O) groups is 2. The molecule has 0 radical (unpaired) electrons. The fourth-order valence-electron chi connectivity index (χ4n) is 3.85. The number of nitrogens with zero attached hydrogens (tertiary/aromatic N) is 4. The minimum absolute atomic E-state index is 0.212. The fourth-order valence-corrected chi connectivity index (χ4v) is 3.85. The lowest BCUT2D eigenvalue weighted by Gasteiger charge is -2.14. The number of carbonyl (C=O) groups excluding carboxylic acids is 2. The Labute approximate surface area is 215 Å². The highest BCUT2D eigenvalue weighted by atomic mass is 16.5. The molecule has 0 bridgehead atoms. The number of aryl methyl sites for hydroxylation is 4. The van der Waals surface area contributed by atoms with E-state index in [9.17, 15) is 9.59 Å². The van der Waals surface area contributed by atoms with Gasteiger partial charge in [-0.15, -0.1) is 0 Å². The van der Waals surface area contributed by atoms with Gasteiger partial charge >= 0.3 is 0 Å². The van der Waals surface area contributed by atoms with Crippen LogP contribution in [-0.4, -0.2) is 38.5 Å². The van der Waals surface area contributed by atoms with Gasteiger partial charge < -0.3 is 20.1 Å². The van der Waals surface area contributed by atoms with Crippen LogP contribution in [-0.2, 0) is 20.7 Å². The van der Waals surface area contributed by atoms with Crippen LogP contribution in [0.2, 0.25) is 0 Å². The minimum atomic E-state index is -0.413. The fraction of sp³-hybridized carbons (Fsp3) is 0.259. The van der Waals surface area contributed by atoms with Crippen LogP contribution in [0, 0.1) is 20.8 Å². The van der Waals surface area contributed by atoms with E-state index < -0.39 is 11.8 Å². The molecule has 0 aliphatic carbocycles. The Balaban J connectivity index is 1.53. The second-order valence-corrected chi connectivity index (χ2v) is 8.79. The summed E-state index contributed by atoms with van der Waals surface area (Å²) in [6.45, 7) is 6.05. The summed E-state index contributed by atoms with van der Waals surface area (Å²) in [4.78, 5) is 26.2. The number of rotatable bonds is 8. The van der Waals surface area contributed by atoms with Crippen LogP contribution in [0.15, 0.2) is 48.8 Å². The first-order valence-electron chi connectivity index (χ1n) is 11.7. The Kier molecular flexibility index (Phi) is 7.28. The Morgan fingerprint density at radius 1 is 0.865 bits per heavy atom. The zero-order chi connectivity index (χ0) is 26.7. The van der Waals surface area contributed by atoms with Gasteiger partial charge in [-0.3, -0.25) is 19.0 Å². The molecule has 2 aromatic heterocycles. The first kappa shape index (κ1) is 25.5. The molecule has 0 unspecified atom stereocenters. The molecule has 0 saturated heterocycles. The molecule has 2 amide bonds. The van der Waals surface area contributed by atoms with Crippen LogP contribution in [0.1, 0.15) is 43.2 Å². The number of methoxy groups -OCH3 is 1. The molecular formula is C27H30N6O4. The van der Waals surface area contributed by atoms with Gasteiger partial charge in [-0.25, -0.2) is 0 Å². The van der Waals surface area contributed by atoms with Crippen LogP contribution in [0.4, 0.5) is 11.4 Å². The number of benzene rings is 2. The number of nitrogens with one attached hydrogen (secondary N) is 2. The van der Waals surface area contributed by atoms with Gasteiger partial charge in [0.15, 0.2) is 0 Å². The highest BCUT2D eigenvalue weighted by Crippen LogP contribution is 2.26. The second kappa shape index (κ2) is 10.6. The van der Waals surface area contributed by atoms with E-state index in [4.69, 9.17) is 9.47 Å². The van der Waals surface area contributed by atoms with Gasteiger partial charge in [-0.05, 0) is 56.2 Å². The first-order chi connectivity index (χ1) is 17.7. The molecule has 2 heterocycles. The van der Waals surface area contributed by atoms with Crippen LogP contribution in [0.5, 0.6) is 11.5 Å². The monoisotopic (exact) mass is 502 g/mol. The lowest BCUT2D eigenvalue weighted by molar-refractivity contribution is 0.101. The molecule has 0 aliphatic rings. The minimum Gasteiger partial charge on any atom is -0.496 e. The average Bonchev–Trinajstić information content (AvgIpc) is 3.40. The number of anilines is 2. The molecule has 0 saturated carbocycles. The van der Waals surface area contributed by atoms with Gasteiger partial charge in [-0.2, -0.15) is 10.2 Å². The maximum absolute atomic E-state index is 13.2. The van der Waals surface area contributed by atoms with E-state index in [2.05, 4.69) is 20.8 Å². The standard InChI is InChI=1S/C27H30N6O4/c1-16-7-8-17(2)24(11-16)37-15-20-12-19(9-10-23(20)36-6)26(34)31-22-14-29-33(5)25(22)27(35)30-21-13-28-32(4)18(21)3/h7-14H,15H2,1-6H3,(H,30,35)(H,31,34). The van der Waals surface area contributed by atoms with Crippen molar-refractivity contribution in [3.05, 3.63) is 82.4 Å². The number of aromatic nitrogens is 4. The Morgan fingerprint density at radius 2 is 1.57 bits per heavy atom. The van der Waals surface area contributed by atoms with Crippen LogP contribution in [0.25, 0.3) is 0 Å². The average molecular weight is 503 g/mol. The maximum Gasteiger partial charge on any atom is 0.276 e. The van der Waals surface area contributed by atoms with Crippen molar-refractivity contribution >= 4 is 23.2 Å². The van der Waals surface area contributed by atoms with E-state index in [1.165, 1.54) is 10.9 Å². The van der Waals surface area contributed by atoms with Gasteiger partial charge in [0, 0.05) is 25.2 Å². The quantitative estimate of drug-likeness (QED) is 0.374. The van der Waals surface area contributed by atoms with Crippen molar-refractivity contribution in [1.29, 1.82) is 0 Å². The normalized spacial score (nSPS) is 10.8. The van der Waals surface area contributed by atoms with Crippen molar-refractivity contribution in [2.24, 2.45) is 14.1 Å². The Bertz CT molecular complexity index is 1470. The second-order valence-electron chi connectivity index (χ2n) is 8.79. The highest BCUT2D eigenvalue weighted by Gasteiger charge is 2.21. The van der Waals surface area contributed by atoms with Gasteiger partial charge in [0.05, 0.1) is 36.6 Å². The van der Waals surface area contributed by atoms with E-state index in [0.717, 1.165) is 22.6 Å². The SMILES string of the molecule is COc1ccc(C(=O)Nc2cnn(C)c2C(=O)Nc2cnn(C)c2C)cc1COc1cc(C)ccc1C. The largest absolute Gasteiger partial charge is 0.496 e. The third-order valence-corrected chi connectivity index (χ3v) is 6.15. The van der Waals surface area contributed by atoms with Gasteiger partial charge in [0.2, 0.25) is 0 Å². The van der Waals surface area contributed by atoms with Crippen molar-refractivity contribution in [2.75, 3.05) is 17.7 Å². The molecule has 2 N–H and O–H groups in total. The summed E-state index contributed by atoms with van der Waals surface area (Å²) in [5, 5.41) is 13.9. The van der Waals surface area contributed by atoms with E-state index in [-0.39, 0.29) is 18.0 Å². The zero-order valence-electron chi connectivity index (χ0n) is 21.7. The van der Waals surface area contributed by atoms with E-state index in [1.54, 1.807) is 50.3 Å². The van der Waals surface area contributed by atoms with Gasteiger partial charge in [-0.1, -0.05) is 12.1 Å². The number of hydrogen-bond donors (Lipinski definition) is 2. The summed E-state index contributed by atoms with van der Waals surface area (Å²) >= 11 is 0. The van der Waals surface area contributed by atoms with Crippen LogP contribution in [0.3, 0.4) is 0 Å². The van der Waals surface area contributed by atoms with Crippen molar-refractivity contribution < 1.29 is 19.1 Å². The van der Waals surface area contributed by atoms with Gasteiger partial charge in [0.1, 0.15) is 23.8 Å². The van der Waals surface area contributed by atoms with E-state index >= 15 is 0 Å². The summed E-state index contributed by atoms with van der Waals surface area (Å²) in [6.07, 6.45) is 3.01. The van der Waals surface area contributed by atoms with E-state index in [1.807, 2.05) is 39.0 Å². The predicted octanol–water partition coefficient (Wildman–Crippen LogP) is 4.17. The maximum atomic E-state index is 13.2. The van der Waals surface area contributed by atoms with Crippen molar-refractivity contribution in [2.45, 2.75) is 27.4 Å². The summed E-state index contributed by atoms with van der Waals surface area (Å²) in [5.74, 6) is 0.570. The molecule has 10 nitrogen and oxygen atoms in total. The third-order valence-electron chi connectivity index (χ3n) is 6.15. The number of ether oxygens (including phenoxy) is 2. The number of hydrogen-bond acceptors (Lipinski definition) is 6. The predicted molar refractivity (Wildman–Crippen MR) is 140 cm³/mol. The molecule has 0 fully saturated rings.